The first-order valence-electron chi connectivity index (χ1n) is 9.86. The first kappa shape index (κ1) is 16.6. The van der Waals surface area contributed by atoms with Gasteiger partial charge in [-0.2, -0.15) is 0 Å². The molecule has 2 heterocycles. The van der Waals surface area contributed by atoms with E-state index >= 15 is 0 Å². The Morgan fingerprint density at radius 1 is 0.483 bits per heavy atom. The summed E-state index contributed by atoms with van der Waals surface area (Å²) < 4.78 is 11.1. The number of methoxy groups -OCH3 is 2. The van der Waals surface area contributed by atoms with Gasteiger partial charge in [0.25, 0.3) is 0 Å². The first-order chi connectivity index (χ1) is 14.3. The smallest absolute Gasteiger partial charge is 0.182 e. The molecule has 0 aliphatic carbocycles. The van der Waals surface area contributed by atoms with E-state index in [2.05, 4.69) is 84.9 Å². The van der Waals surface area contributed by atoms with Crippen LogP contribution < -0.4 is 30.2 Å². The molecule has 3 heteroatoms. The van der Waals surface area contributed by atoms with Gasteiger partial charge >= 0.3 is 0 Å². The van der Waals surface area contributed by atoms with Crippen LogP contribution in [-0.4, -0.2) is 22.3 Å². The SMILES string of the molecule is COc1ccc2c(c1)-c1ccccc1[Si]21c2ccccc2-c2cc(OC)ccc21. The summed E-state index contributed by atoms with van der Waals surface area (Å²) in [5, 5.41) is 5.85. The summed E-state index contributed by atoms with van der Waals surface area (Å²) in [4.78, 5) is 0. The van der Waals surface area contributed by atoms with E-state index in [1.807, 2.05) is 0 Å². The van der Waals surface area contributed by atoms with Crippen LogP contribution in [0.15, 0.2) is 84.9 Å². The molecule has 0 aromatic heterocycles. The van der Waals surface area contributed by atoms with E-state index in [1.54, 1.807) is 14.2 Å². The molecule has 2 nitrogen and oxygen atoms in total. The van der Waals surface area contributed by atoms with Gasteiger partial charge in [-0.05, 0) is 67.3 Å². The maximum Gasteiger partial charge on any atom is 0.182 e. The van der Waals surface area contributed by atoms with E-state index in [9.17, 15) is 0 Å². The molecule has 29 heavy (non-hydrogen) atoms. The highest BCUT2D eigenvalue weighted by atomic mass is 28.3. The monoisotopic (exact) mass is 392 g/mol. The second kappa shape index (κ2) is 5.85. The van der Waals surface area contributed by atoms with Gasteiger partial charge in [0.2, 0.25) is 0 Å². The molecule has 2 aliphatic rings. The molecule has 0 N–H and O–H groups in total. The lowest BCUT2D eigenvalue weighted by atomic mass is 10.1. The van der Waals surface area contributed by atoms with Gasteiger partial charge in [0.15, 0.2) is 8.07 Å². The molecule has 0 saturated carbocycles. The third kappa shape index (κ3) is 1.95. The van der Waals surface area contributed by atoms with Gasteiger partial charge in [-0.3, -0.25) is 0 Å². The molecule has 1 spiro atoms. The van der Waals surface area contributed by atoms with Gasteiger partial charge < -0.3 is 9.47 Å². The molecule has 0 atom stereocenters. The number of hydrogen-bond acceptors (Lipinski definition) is 2. The molecule has 4 aromatic carbocycles. The molecule has 0 radical (unpaired) electrons. The predicted octanol–water partition coefficient (Wildman–Crippen LogP) is 3.04. The molecule has 0 saturated heterocycles. The zero-order valence-corrected chi connectivity index (χ0v) is 17.4. The fourth-order valence-electron chi connectivity index (χ4n) is 5.36. The average Bonchev–Trinajstić information content (AvgIpc) is 3.25. The summed E-state index contributed by atoms with van der Waals surface area (Å²) in [7, 11) is 1.14. The molecule has 0 unspecified atom stereocenters. The highest BCUT2D eigenvalue weighted by molar-refractivity contribution is 7.24. The van der Waals surface area contributed by atoms with E-state index in [0.29, 0.717) is 0 Å². The quantitative estimate of drug-likeness (QED) is 0.422. The minimum absolute atomic E-state index is 0.908. The Bertz CT molecular complexity index is 1190. The summed E-state index contributed by atoms with van der Waals surface area (Å²) >= 11 is 0. The lowest BCUT2D eigenvalue weighted by Crippen LogP contribution is -2.70. The van der Waals surface area contributed by atoms with Crippen molar-refractivity contribution < 1.29 is 9.47 Å². The zero-order valence-electron chi connectivity index (χ0n) is 16.4. The van der Waals surface area contributed by atoms with E-state index in [0.717, 1.165) is 11.5 Å². The normalized spacial score (nSPS) is 14.1. The van der Waals surface area contributed by atoms with Gasteiger partial charge in [0, 0.05) is 0 Å². The van der Waals surface area contributed by atoms with Crippen molar-refractivity contribution in [2.75, 3.05) is 14.2 Å². The fourth-order valence-corrected chi connectivity index (χ4v) is 10.9. The number of hydrogen-bond donors (Lipinski definition) is 0. The van der Waals surface area contributed by atoms with Crippen molar-refractivity contribution in [1.82, 2.24) is 0 Å². The second-order valence-corrected chi connectivity index (χ2v) is 11.3. The van der Waals surface area contributed by atoms with Crippen LogP contribution in [0.25, 0.3) is 22.3 Å². The third-order valence-electron chi connectivity index (χ3n) is 6.50. The van der Waals surface area contributed by atoms with Crippen molar-refractivity contribution in [2.45, 2.75) is 0 Å². The molecule has 140 valence electrons. The first-order valence-corrected chi connectivity index (χ1v) is 11.9. The van der Waals surface area contributed by atoms with Gasteiger partial charge in [0.05, 0.1) is 14.2 Å². The number of rotatable bonds is 2. The Hall–Kier alpha value is -3.30. The van der Waals surface area contributed by atoms with Crippen LogP contribution in [0.4, 0.5) is 0 Å². The topological polar surface area (TPSA) is 18.5 Å². The van der Waals surface area contributed by atoms with Gasteiger partial charge in [-0.1, -0.05) is 60.7 Å². The number of fused-ring (bicyclic) bond motifs is 10. The molecule has 0 amide bonds. The lowest BCUT2D eigenvalue weighted by Gasteiger charge is -2.27. The average molecular weight is 393 g/mol. The van der Waals surface area contributed by atoms with Crippen molar-refractivity contribution >= 4 is 28.8 Å². The predicted molar refractivity (Wildman–Crippen MR) is 121 cm³/mol. The van der Waals surface area contributed by atoms with E-state index in [1.165, 1.54) is 43.0 Å². The van der Waals surface area contributed by atoms with Crippen molar-refractivity contribution in [2.24, 2.45) is 0 Å². The minimum atomic E-state index is -2.33. The van der Waals surface area contributed by atoms with E-state index in [4.69, 9.17) is 9.47 Å². The summed E-state index contributed by atoms with van der Waals surface area (Å²) in [5.41, 5.74) is 5.30. The molecule has 4 aromatic rings. The Morgan fingerprint density at radius 3 is 1.34 bits per heavy atom. The summed E-state index contributed by atoms with van der Waals surface area (Å²) in [5.74, 6) is 1.82. The van der Waals surface area contributed by atoms with Crippen LogP contribution in [0.5, 0.6) is 11.5 Å². The Labute approximate surface area is 171 Å². The van der Waals surface area contributed by atoms with Crippen LogP contribution in [0.3, 0.4) is 0 Å². The molecular weight excluding hydrogens is 372 g/mol. The molecule has 6 rings (SSSR count). The summed E-state index contributed by atoms with van der Waals surface area (Å²) in [6.07, 6.45) is 0. The largest absolute Gasteiger partial charge is 0.497 e. The summed E-state index contributed by atoms with van der Waals surface area (Å²) in [6, 6.07) is 31.1. The van der Waals surface area contributed by atoms with Crippen molar-refractivity contribution in [3.05, 3.63) is 84.9 Å². The molecular formula is C26H20O2Si. The third-order valence-corrected chi connectivity index (χ3v) is 11.5. The maximum atomic E-state index is 5.57. The van der Waals surface area contributed by atoms with Crippen LogP contribution in [-0.2, 0) is 0 Å². The van der Waals surface area contributed by atoms with Crippen LogP contribution in [0.1, 0.15) is 0 Å². The van der Waals surface area contributed by atoms with E-state index in [-0.39, 0.29) is 0 Å². The highest BCUT2D eigenvalue weighted by Crippen LogP contribution is 2.37. The fraction of sp³-hybridized carbons (Fsp3) is 0.0769. The standard InChI is InChI=1S/C26H20O2Si/c1-27-17-11-13-25-21(15-17)19-7-3-5-9-23(19)29(25)24-10-6-4-8-20(24)22-16-18(28-2)12-14-26(22)29/h3-16H,1-2H3. The zero-order chi connectivity index (χ0) is 19.6. The van der Waals surface area contributed by atoms with Gasteiger partial charge in [-0.15, -0.1) is 0 Å². The van der Waals surface area contributed by atoms with Crippen LogP contribution >= 0.6 is 0 Å². The number of ether oxygens (including phenoxy) is 2. The molecule has 0 fully saturated rings. The minimum Gasteiger partial charge on any atom is -0.497 e. The van der Waals surface area contributed by atoms with Gasteiger partial charge in [-0.25, -0.2) is 0 Å². The lowest BCUT2D eigenvalue weighted by molar-refractivity contribution is 0.415. The Kier molecular flexibility index (Phi) is 3.35. The molecule has 0 bridgehead atoms. The van der Waals surface area contributed by atoms with Crippen molar-refractivity contribution in [3.63, 3.8) is 0 Å². The van der Waals surface area contributed by atoms with Gasteiger partial charge in [0.1, 0.15) is 11.5 Å². The maximum absolute atomic E-state index is 5.57. The van der Waals surface area contributed by atoms with Crippen LogP contribution in [0.2, 0.25) is 0 Å². The van der Waals surface area contributed by atoms with Crippen molar-refractivity contribution in [3.8, 4) is 33.8 Å². The van der Waals surface area contributed by atoms with Crippen LogP contribution in [0, 0.1) is 0 Å². The van der Waals surface area contributed by atoms with Crippen molar-refractivity contribution in [1.29, 1.82) is 0 Å². The summed E-state index contributed by atoms with van der Waals surface area (Å²) in [6.45, 7) is 0. The van der Waals surface area contributed by atoms with E-state index < -0.39 is 8.07 Å². The highest BCUT2D eigenvalue weighted by Gasteiger charge is 2.53. The molecule has 2 aliphatic heterocycles. The Morgan fingerprint density at radius 2 is 0.897 bits per heavy atom. The Balaban J connectivity index is 1.80. The second-order valence-electron chi connectivity index (χ2n) is 7.66. The number of benzene rings is 4.